The number of aryl methyl sites for hydroxylation is 1. The Bertz CT molecular complexity index is 440. The molecule has 0 aliphatic carbocycles. The molecule has 1 rings (SSSR count). The van der Waals surface area contributed by atoms with Crippen molar-refractivity contribution >= 4 is 34.2 Å². The molecule has 0 radical (unpaired) electrons. The first kappa shape index (κ1) is 17.4. The van der Waals surface area contributed by atoms with Gasteiger partial charge >= 0.3 is 0 Å². The number of carbonyl (C=O) groups is 1. The van der Waals surface area contributed by atoms with Gasteiger partial charge in [0.25, 0.3) is 0 Å². The van der Waals surface area contributed by atoms with E-state index in [9.17, 15) is 4.79 Å². The van der Waals surface area contributed by atoms with Crippen LogP contribution in [0.2, 0.25) is 0 Å². The molecule has 0 aliphatic heterocycles. The van der Waals surface area contributed by atoms with Gasteiger partial charge < -0.3 is 15.2 Å². The van der Waals surface area contributed by atoms with Crippen molar-refractivity contribution in [3.05, 3.63) is 27.3 Å². The maximum atomic E-state index is 12.0. The smallest absolute Gasteiger partial charge is 0.238 e. The van der Waals surface area contributed by atoms with Crippen molar-refractivity contribution in [3.8, 4) is 0 Å². The number of aliphatic hydroxyl groups is 1. The highest BCUT2D eigenvalue weighted by Crippen LogP contribution is 2.17. The van der Waals surface area contributed by atoms with E-state index in [1.807, 2.05) is 30.0 Å². The summed E-state index contributed by atoms with van der Waals surface area (Å²) in [7, 11) is 1.62. The van der Waals surface area contributed by atoms with Crippen molar-refractivity contribution in [2.45, 2.75) is 6.92 Å². The zero-order chi connectivity index (χ0) is 15.0. The number of carbonyl (C=O) groups excluding carboxylic acids is 1. The van der Waals surface area contributed by atoms with Gasteiger partial charge in [0, 0.05) is 29.5 Å². The molecule has 2 N–H and O–H groups in total. The van der Waals surface area contributed by atoms with Gasteiger partial charge in [0.15, 0.2) is 0 Å². The number of aliphatic hydroxyl groups excluding tert-OH is 1. The summed E-state index contributed by atoms with van der Waals surface area (Å²) in [5.41, 5.74) is 1.86. The summed E-state index contributed by atoms with van der Waals surface area (Å²) in [6.07, 6.45) is 0. The number of ether oxygens (including phenoxy) is 1. The number of hydrogen-bond acceptors (Lipinski definition) is 4. The molecule has 0 fully saturated rings. The Morgan fingerprint density at radius 3 is 2.80 bits per heavy atom. The van der Waals surface area contributed by atoms with E-state index in [2.05, 4.69) is 27.9 Å². The van der Waals surface area contributed by atoms with Crippen LogP contribution in [0.25, 0.3) is 0 Å². The zero-order valence-electron chi connectivity index (χ0n) is 11.9. The molecule has 20 heavy (non-hydrogen) atoms. The predicted octanol–water partition coefficient (Wildman–Crippen LogP) is 1.48. The van der Waals surface area contributed by atoms with E-state index in [-0.39, 0.29) is 19.1 Å². The van der Waals surface area contributed by atoms with Crippen LogP contribution in [0.5, 0.6) is 0 Å². The average molecular weight is 392 g/mol. The lowest BCUT2D eigenvalue weighted by molar-refractivity contribution is -0.117. The Kier molecular flexibility index (Phi) is 8.05. The standard InChI is InChI=1S/C14H21IN2O3/c1-11-9-12(15)3-4-13(11)16-14(19)10-17(5-7-18)6-8-20-2/h3-4,9,18H,5-8,10H2,1-2H3,(H,16,19). The minimum Gasteiger partial charge on any atom is -0.395 e. The van der Waals surface area contributed by atoms with Crippen molar-refractivity contribution in [1.29, 1.82) is 0 Å². The van der Waals surface area contributed by atoms with E-state index in [4.69, 9.17) is 9.84 Å². The van der Waals surface area contributed by atoms with Crippen LogP contribution < -0.4 is 5.32 Å². The lowest BCUT2D eigenvalue weighted by Crippen LogP contribution is -2.37. The van der Waals surface area contributed by atoms with Gasteiger partial charge in [-0.2, -0.15) is 0 Å². The molecule has 0 aliphatic rings. The number of hydrogen-bond donors (Lipinski definition) is 2. The van der Waals surface area contributed by atoms with Gasteiger partial charge in [-0.1, -0.05) is 0 Å². The zero-order valence-corrected chi connectivity index (χ0v) is 14.0. The number of amides is 1. The fraction of sp³-hybridized carbons (Fsp3) is 0.500. The summed E-state index contributed by atoms with van der Waals surface area (Å²) in [5, 5.41) is 11.9. The van der Waals surface area contributed by atoms with E-state index in [1.54, 1.807) is 7.11 Å². The van der Waals surface area contributed by atoms with Gasteiger partial charge in [-0.25, -0.2) is 0 Å². The van der Waals surface area contributed by atoms with Gasteiger partial charge in [-0.15, -0.1) is 0 Å². The van der Waals surface area contributed by atoms with Crippen LogP contribution in [-0.4, -0.2) is 55.9 Å². The maximum Gasteiger partial charge on any atom is 0.238 e. The number of anilines is 1. The molecule has 6 heteroatoms. The highest BCUT2D eigenvalue weighted by molar-refractivity contribution is 14.1. The largest absolute Gasteiger partial charge is 0.395 e. The summed E-state index contributed by atoms with van der Waals surface area (Å²) in [6, 6.07) is 5.88. The molecule has 1 aromatic carbocycles. The summed E-state index contributed by atoms with van der Waals surface area (Å²) < 4.78 is 6.13. The summed E-state index contributed by atoms with van der Waals surface area (Å²) in [4.78, 5) is 13.9. The van der Waals surface area contributed by atoms with Crippen LogP contribution >= 0.6 is 22.6 Å². The van der Waals surface area contributed by atoms with E-state index in [0.717, 1.165) is 14.8 Å². The normalized spacial score (nSPS) is 10.8. The van der Waals surface area contributed by atoms with E-state index in [0.29, 0.717) is 19.7 Å². The van der Waals surface area contributed by atoms with Crippen molar-refractivity contribution < 1.29 is 14.6 Å². The van der Waals surface area contributed by atoms with Crippen molar-refractivity contribution in [2.24, 2.45) is 0 Å². The Labute approximate surface area is 133 Å². The molecule has 112 valence electrons. The second kappa shape index (κ2) is 9.28. The lowest BCUT2D eigenvalue weighted by atomic mass is 10.2. The third-order valence-corrected chi connectivity index (χ3v) is 3.53. The van der Waals surface area contributed by atoms with Crippen LogP contribution in [0, 0.1) is 10.5 Å². The Morgan fingerprint density at radius 1 is 1.45 bits per heavy atom. The van der Waals surface area contributed by atoms with E-state index >= 15 is 0 Å². The van der Waals surface area contributed by atoms with Gasteiger partial charge in [-0.05, 0) is 53.3 Å². The first-order chi connectivity index (χ1) is 9.56. The van der Waals surface area contributed by atoms with E-state index < -0.39 is 0 Å². The van der Waals surface area contributed by atoms with Crippen molar-refractivity contribution in [3.63, 3.8) is 0 Å². The van der Waals surface area contributed by atoms with Gasteiger partial charge in [0.1, 0.15) is 0 Å². The molecule has 0 aromatic heterocycles. The molecule has 0 unspecified atom stereocenters. The molecular formula is C14H21IN2O3. The number of benzene rings is 1. The Hall–Kier alpha value is -0.700. The molecule has 0 atom stereocenters. The van der Waals surface area contributed by atoms with Crippen LogP contribution in [0.15, 0.2) is 18.2 Å². The molecule has 1 amide bonds. The van der Waals surface area contributed by atoms with Crippen LogP contribution in [-0.2, 0) is 9.53 Å². The fourth-order valence-electron chi connectivity index (χ4n) is 1.79. The van der Waals surface area contributed by atoms with Crippen LogP contribution in [0.3, 0.4) is 0 Å². The minimum atomic E-state index is -0.0844. The van der Waals surface area contributed by atoms with Crippen LogP contribution in [0.4, 0.5) is 5.69 Å². The molecule has 0 saturated carbocycles. The van der Waals surface area contributed by atoms with Crippen LogP contribution in [0.1, 0.15) is 5.56 Å². The maximum absolute atomic E-state index is 12.0. The van der Waals surface area contributed by atoms with Crippen molar-refractivity contribution in [2.75, 3.05) is 45.3 Å². The first-order valence-electron chi connectivity index (χ1n) is 6.45. The Morgan fingerprint density at radius 2 is 2.20 bits per heavy atom. The predicted molar refractivity (Wildman–Crippen MR) is 87.9 cm³/mol. The van der Waals surface area contributed by atoms with Crippen molar-refractivity contribution in [1.82, 2.24) is 4.90 Å². The third-order valence-electron chi connectivity index (χ3n) is 2.86. The quantitative estimate of drug-likeness (QED) is 0.658. The molecule has 0 saturated heterocycles. The number of methoxy groups -OCH3 is 1. The number of nitrogens with one attached hydrogen (secondary N) is 1. The third kappa shape index (κ3) is 6.17. The highest BCUT2D eigenvalue weighted by Gasteiger charge is 2.11. The molecule has 1 aromatic rings. The molecule has 0 spiro atoms. The van der Waals surface area contributed by atoms with E-state index in [1.165, 1.54) is 0 Å². The lowest BCUT2D eigenvalue weighted by Gasteiger charge is -2.20. The summed E-state index contributed by atoms with van der Waals surface area (Å²) >= 11 is 2.24. The molecule has 5 nitrogen and oxygen atoms in total. The first-order valence-corrected chi connectivity index (χ1v) is 7.53. The molecular weight excluding hydrogens is 371 g/mol. The molecule has 0 heterocycles. The highest BCUT2D eigenvalue weighted by atomic mass is 127. The number of halogens is 1. The number of nitrogens with zero attached hydrogens (tertiary/aromatic N) is 1. The SMILES string of the molecule is COCCN(CCO)CC(=O)Nc1ccc(I)cc1C. The Balaban J connectivity index is 2.55. The van der Waals surface area contributed by atoms with Gasteiger partial charge in [0.2, 0.25) is 5.91 Å². The van der Waals surface area contributed by atoms with Gasteiger partial charge in [0.05, 0.1) is 19.8 Å². The van der Waals surface area contributed by atoms with Gasteiger partial charge in [-0.3, -0.25) is 9.69 Å². The number of rotatable bonds is 8. The fourth-order valence-corrected chi connectivity index (χ4v) is 2.44. The average Bonchev–Trinajstić information content (AvgIpc) is 2.39. The summed E-state index contributed by atoms with van der Waals surface area (Å²) in [6.45, 7) is 3.86. The topological polar surface area (TPSA) is 61.8 Å². The summed E-state index contributed by atoms with van der Waals surface area (Å²) in [5.74, 6) is -0.0844. The monoisotopic (exact) mass is 392 g/mol. The molecule has 0 bridgehead atoms. The second-order valence-electron chi connectivity index (χ2n) is 4.50. The minimum absolute atomic E-state index is 0.0273. The second-order valence-corrected chi connectivity index (χ2v) is 5.75.